The maximum atomic E-state index is 12.1. The lowest BCUT2D eigenvalue weighted by atomic mass is 10.0. The molecule has 2 rings (SSSR count). The number of hydrogen-bond acceptors (Lipinski definition) is 5. The zero-order chi connectivity index (χ0) is 15.6. The summed E-state index contributed by atoms with van der Waals surface area (Å²) >= 11 is 0. The van der Waals surface area contributed by atoms with E-state index in [1.54, 1.807) is 0 Å². The van der Waals surface area contributed by atoms with Crippen molar-refractivity contribution in [2.75, 3.05) is 19.3 Å². The minimum Gasteiger partial charge on any atom is -0.382 e. The molecule has 1 atom stereocenters. The van der Waals surface area contributed by atoms with Gasteiger partial charge in [-0.05, 0) is 18.8 Å². The quantitative estimate of drug-likeness (QED) is 0.809. The molecule has 0 aromatic carbocycles. The van der Waals surface area contributed by atoms with Crippen LogP contribution in [0.2, 0.25) is 0 Å². The van der Waals surface area contributed by atoms with Crippen LogP contribution in [0.5, 0.6) is 0 Å². The monoisotopic (exact) mass is 317 g/mol. The third kappa shape index (κ3) is 4.16. The minimum atomic E-state index is -3.13. The molecule has 120 valence electrons. The Balaban J connectivity index is 1.78. The van der Waals surface area contributed by atoms with Crippen molar-refractivity contribution in [2.45, 2.75) is 45.3 Å². The van der Waals surface area contributed by atoms with Crippen molar-refractivity contribution >= 4 is 21.6 Å². The van der Waals surface area contributed by atoms with Crippen LogP contribution in [0, 0.1) is 5.92 Å². The molecule has 0 bridgehead atoms. The summed E-state index contributed by atoms with van der Waals surface area (Å²) in [5, 5.41) is 6.88. The van der Waals surface area contributed by atoms with Crippen LogP contribution in [0.3, 0.4) is 0 Å². The number of nitrogens with zero attached hydrogens (tertiary/aromatic N) is 2. The Kier molecular flexibility index (Phi) is 4.88. The SMILES string of the molecule is CC(C)C1=NO[C@H](C(=O)NC2CCN(S(C)(=O)=O)CC2)C1. The molecule has 2 aliphatic heterocycles. The Morgan fingerprint density at radius 3 is 2.48 bits per heavy atom. The van der Waals surface area contributed by atoms with Crippen LogP contribution in [0.1, 0.15) is 33.1 Å². The van der Waals surface area contributed by atoms with E-state index in [1.807, 2.05) is 13.8 Å². The van der Waals surface area contributed by atoms with Gasteiger partial charge >= 0.3 is 0 Å². The molecular weight excluding hydrogens is 294 g/mol. The molecule has 0 aromatic rings. The number of nitrogens with one attached hydrogen (secondary N) is 1. The summed E-state index contributed by atoms with van der Waals surface area (Å²) in [4.78, 5) is 17.3. The minimum absolute atomic E-state index is 0.00204. The van der Waals surface area contributed by atoms with Gasteiger partial charge in [0.25, 0.3) is 5.91 Å². The molecule has 0 spiro atoms. The van der Waals surface area contributed by atoms with Gasteiger partial charge in [0.05, 0.1) is 12.0 Å². The summed E-state index contributed by atoms with van der Waals surface area (Å²) in [5.41, 5.74) is 0.905. The number of oxime groups is 1. The molecule has 0 saturated carbocycles. The first-order valence-electron chi connectivity index (χ1n) is 7.25. The second-order valence-electron chi connectivity index (χ2n) is 5.98. The van der Waals surface area contributed by atoms with Crippen molar-refractivity contribution in [3.8, 4) is 0 Å². The fraction of sp³-hybridized carbons (Fsp3) is 0.846. The van der Waals surface area contributed by atoms with Gasteiger partial charge in [0.15, 0.2) is 0 Å². The van der Waals surface area contributed by atoms with Crippen LogP contribution >= 0.6 is 0 Å². The largest absolute Gasteiger partial charge is 0.382 e. The molecule has 0 aromatic heterocycles. The first-order valence-corrected chi connectivity index (χ1v) is 9.10. The van der Waals surface area contributed by atoms with Gasteiger partial charge < -0.3 is 10.2 Å². The lowest BCUT2D eigenvalue weighted by Crippen LogP contribution is -2.48. The lowest BCUT2D eigenvalue weighted by molar-refractivity contribution is -0.132. The Hall–Kier alpha value is -1.15. The van der Waals surface area contributed by atoms with E-state index in [0.29, 0.717) is 32.4 Å². The van der Waals surface area contributed by atoms with Gasteiger partial charge in [-0.15, -0.1) is 0 Å². The van der Waals surface area contributed by atoms with Gasteiger partial charge in [-0.25, -0.2) is 12.7 Å². The third-order valence-electron chi connectivity index (χ3n) is 3.92. The molecule has 1 saturated heterocycles. The second kappa shape index (κ2) is 6.31. The molecule has 0 aliphatic carbocycles. The fourth-order valence-corrected chi connectivity index (χ4v) is 3.38. The highest BCUT2D eigenvalue weighted by atomic mass is 32.2. The van der Waals surface area contributed by atoms with E-state index in [1.165, 1.54) is 10.6 Å². The van der Waals surface area contributed by atoms with E-state index >= 15 is 0 Å². The summed E-state index contributed by atoms with van der Waals surface area (Å²) in [6.07, 6.45) is 2.46. The van der Waals surface area contributed by atoms with Crippen LogP contribution in [0.15, 0.2) is 5.16 Å². The third-order valence-corrected chi connectivity index (χ3v) is 5.22. The van der Waals surface area contributed by atoms with Crippen LogP contribution in [0.25, 0.3) is 0 Å². The number of carbonyl (C=O) groups excluding carboxylic acids is 1. The maximum Gasteiger partial charge on any atom is 0.264 e. The summed E-state index contributed by atoms with van der Waals surface area (Å²) < 4.78 is 24.3. The molecule has 0 unspecified atom stereocenters. The Morgan fingerprint density at radius 1 is 1.38 bits per heavy atom. The number of carbonyl (C=O) groups is 1. The van der Waals surface area contributed by atoms with E-state index in [2.05, 4.69) is 10.5 Å². The molecule has 1 N–H and O–H groups in total. The molecule has 1 amide bonds. The lowest BCUT2D eigenvalue weighted by Gasteiger charge is -2.30. The highest BCUT2D eigenvalue weighted by Crippen LogP contribution is 2.18. The smallest absolute Gasteiger partial charge is 0.264 e. The summed E-state index contributed by atoms with van der Waals surface area (Å²) in [7, 11) is -3.13. The van der Waals surface area contributed by atoms with Crippen molar-refractivity contribution < 1.29 is 18.0 Å². The van der Waals surface area contributed by atoms with E-state index in [9.17, 15) is 13.2 Å². The van der Waals surface area contributed by atoms with E-state index < -0.39 is 16.1 Å². The van der Waals surface area contributed by atoms with Crippen LogP contribution in [-0.4, -0.2) is 55.8 Å². The fourth-order valence-electron chi connectivity index (χ4n) is 2.50. The van der Waals surface area contributed by atoms with Gasteiger partial charge in [0.1, 0.15) is 0 Å². The van der Waals surface area contributed by atoms with E-state index in [-0.39, 0.29) is 17.9 Å². The number of rotatable bonds is 4. The second-order valence-corrected chi connectivity index (χ2v) is 7.96. The predicted octanol–water partition coefficient (Wildman–Crippen LogP) is 0.328. The Labute approximate surface area is 125 Å². The normalized spacial score (nSPS) is 24.8. The Bertz CT molecular complexity index is 522. The Morgan fingerprint density at radius 2 is 2.00 bits per heavy atom. The van der Waals surface area contributed by atoms with Crippen LogP contribution in [-0.2, 0) is 19.7 Å². The first kappa shape index (κ1) is 16.2. The molecule has 7 nitrogen and oxygen atoms in total. The molecule has 0 radical (unpaired) electrons. The standard InChI is InChI=1S/C13H23N3O4S/c1-9(2)11-8-12(20-15-11)13(17)14-10-4-6-16(7-5-10)21(3,18)19/h9-10,12H,4-8H2,1-3H3,(H,14,17)/t12-/m0/s1. The van der Waals surface area contributed by atoms with Crippen molar-refractivity contribution in [1.29, 1.82) is 0 Å². The van der Waals surface area contributed by atoms with E-state index in [0.717, 1.165) is 5.71 Å². The number of piperidine rings is 1. The summed E-state index contributed by atoms with van der Waals surface area (Å²) in [5.74, 6) is 0.119. The van der Waals surface area contributed by atoms with Gasteiger partial charge in [-0.2, -0.15) is 0 Å². The zero-order valence-corrected chi connectivity index (χ0v) is 13.5. The molecular formula is C13H23N3O4S. The number of sulfonamides is 1. The predicted molar refractivity (Wildman–Crippen MR) is 79.3 cm³/mol. The van der Waals surface area contributed by atoms with Crippen LogP contribution < -0.4 is 5.32 Å². The molecule has 2 heterocycles. The first-order chi connectivity index (χ1) is 9.77. The van der Waals surface area contributed by atoms with E-state index in [4.69, 9.17) is 4.84 Å². The number of hydrogen-bond donors (Lipinski definition) is 1. The van der Waals surface area contributed by atoms with Crippen molar-refractivity contribution in [3.05, 3.63) is 0 Å². The van der Waals surface area contributed by atoms with Gasteiger partial charge in [-0.3, -0.25) is 4.79 Å². The van der Waals surface area contributed by atoms with Gasteiger partial charge in [0, 0.05) is 25.6 Å². The molecule has 21 heavy (non-hydrogen) atoms. The number of amides is 1. The maximum absolute atomic E-state index is 12.1. The molecule has 1 fully saturated rings. The summed E-state index contributed by atoms with van der Waals surface area (Å²) in [6.45, 7) is 4.93. The average Bonchev–Trinajstić information content (AvgIpc) is 2.88. The highest BCUT2D eigenvalue weighted by Gasteiger charge is 2.32. The highest BCUT2D eigenvalue weighted by molar-refractivity contribution is 7.88. The van der Waals surface area contributed by atoms with Gasteiger partial charge in [0.2, 0.25) is 16.1 Å². The molecule has 8 heteroatoms. The average molecular weight is 317 g/mol. The van der Waals surface area contributed by atoms with Crippen LogP contribution in [0.4, 0.5) is 0 Å². The van der Waals surface area contributed by atoms with Crippen molar-refractivity contribution in [3.63, 3.8) is 0 Å². The molecule has 2 aliphatic rings. The summed E-state index contributed by atoms with van der Waals surface area (Å²) in [6, 6.07) is 0.00204. The zero-order valence-electron chi connectivity index (χ0n) is 12.7. The van der Waals surface area contributed by atoms with Gasteiger partial charge in [-0.1, -0.05) is 19.0 Å². The topological polar surface area (TPSA) is 88.1 Å². The van der Waals surface area contributed by atoms with Crippen molar-refractivity contribution in [2.24, 2.45) is 11.1 Å². The van der Waals surface area contributed by atoms with Crippen molar-refractivity contribution in [1.82, 2.24) is 9.62 Å².